The number of benzene rings is 4. The van der Waals surface area contributed by atoms with Gasteiger partial charge in [-0.2, -0.15) is 0 Å². The lowest BCUT2D eigenvalue weighted by molar-refractivity contribution is -0.947. The summed E-state index contributed by atoms with van der Waals surface area (Å²) in [6.07, 6.45) is 0.180. The SMILES string of the molecule is CC[N+](CC)(CC)C1CCCCC1.Fc1c(F)c(F)c([B-](c2c(F)c(F)c(F)c(F)c2F)(c2c(F)c(F)c(F)c(F)c2F)c2c(F)c(F)c(F)c(F)c2F)c(F)c1F. The van der Waals surface area contributed by atoms with Crippen molar-refractivity contribution >= 4 is 28.0 Å². The lowest BCUT2D eigenvalue weighted by atomic mass is 9.12. The quantitative estimate of drug-likeness (QED) is 0.0546. The van der Waals surface area contributed by atoms with E-state index in [0.717, 1.165) is 6.04 Å². The van der Waals surface area contributed by atoms with Crippen LogP contribution >= 0.6 is 0 Å². The maximum Gasteiger partial charge on any atom is 0.200 e. The average molecular weight is 863 g/mol. The summed E-state index contributed by atoms with van der Waals surface area (Å²) < 4.78 is 295. The van der Waals surface area contributed by atoms with E-state index in [0.29, 0.717) is 0 Å². The lowest BCUT2D eigenvalue weighted by Crippen LogP contribution is -2.81. The van der Waals surface area contributed by atoms with Crippen LogP contribution in [-0.4, -0.2) is 36.3 Å². The molecule has 1 nitrogen and oxygen atoms in total. The topological polar surface area (TPSA) is 0 Å². The smallest absolute Gasteiger partial charge is 0.200 e. The fourth-order valence-corrected chi connectivity index (χ4v) is 7.95. The Hall–Kier alpha value is -4.50. The van der Waals surface area contributed by atoms with Crippen molar-refractivity contribution in [3.05, 3.63) is 116 Å². The molecule has 58 heavy (non-hydrogen) atoms. The van der Waals surface area contributed by atoms with Crippen LogP contribution in [0.2, 0.25) is 0 Å². The number of nitrogens with zero attached hydrogens (tertiary/aromatic N) is 1. The Balaban J connectivity index is 0.000000486. The zero-order valence-electron chi connectivity index (χ0n) is 29.8. The van der Waals surface area contributed by atoms with E-state index in [2.05, 4.69) is 20.8 Å². The van der Waals surface area contributed by atoms with Gasteiger partial charge in [0.05, 0.1) is 25.7 Å². The molecule has 0 spiro atoms. The van der Waals surface area contributed by atoms with Crippen molar-refractivity contribution in [2.75, 3.05) is 19.6 Å². The average Bonchev–Trinajstić information content (AvgIpc) is 3.22. The first-order valence-corrected chi connectivity index (χ1v) is 17.1. The van der Waals surface area contributed by atoms with Crippen molar-refractivity contribution in [1.82, 2.24) is 0 Å². The second-order valence-electron chi connectivity index (χ2n) is 13.3. The van der Waals surface area contributed by atoms with E-state index >= 15 is 35.1 Å². The van der Waals surface area contributed by atoms with Gasteiger partial charge in [-0.25, -0.2) is 87.8 Å². The van der Waals surface area contributed by atoms with Gasteiger partial charge < -0.3 is 4.48 Å². The Kier molecular flexibility index (Phi) is 13.5. The first kappa shape index (κ1) is 46.2. The van der Waals surface area contributed by atoms with Crippen molar-refractivity contribution in [2.45, 2.75) is 58.9 Å². The summed E-state index contributed by atoms with van der Waals surface area (Å²) in [5.74, 6) is -71.4. The molecule has 0 N–H and O–H groups in total. The van der Waals surface area contributed by atoms with E-state index in [9.17, 15) is 52.7 Å². The van der Waals surface area contributed by atoms with Gasteiger partial charge in [-0.15, -0.1) is 21.9 Å². The van der Waals surface area contributed by atoms with Gasteiger partial charge in [0.2, 0.25) is 0 Å². The Morgan fingerprint density at radius 3 is 0.655 bits per heavy atom. The third-order valence-corrected chi connectivity index (χ3v) is 10.9. The minimum atomic E-state index is -7.22. The molecule has 1 fully saturated rings. The summed E-state index contributed by atoms with van der Waals surface area (Å²) in [7, 11) is 0. The van der Waals surface area contributed by atoms with E-state index in [-0.39, 0.29) is 0 Å². The van der Waals surface area contributed by atoms with E-state index in [1.54, 1.807) is 0 Å². The normalized spacial score (nSPS) is 13.9. The number of halogens is 20. The molecular formula is C36H26BF20N. The fourth-order valence-electron chi connectivity index (χ4n) is 7.95. The lowest BCUT2D eigenvalue weighted by Gasteiger charge is -2.44. The predicted octanol–water partition coefficient (Wildman–Crippen LogP) is 9.04. The molecule has 0 saturated heterocycles. The van der Waals surface area contributed by atoms with Gasteiger partial charge in [-0.3, -0.25) is 0 Å². The van der Waals surface area contributed by atoms with Crippen molar-refractivity contribution in [2.24, 2.45) is 0 Å². The highest BCUT2D eigenvalue weighted by Crippen LogP contribution is 2.31. The minimum absolute atomic E-state index is 0.980. The zero-order valence-corrected chi connectivity index (χ0v) is 29.8. The summed E-state index contributed by atoms with van der Waals surface area (Å²) >= 11 is 0. The van der Waals surface area contributed by atoms with Crippen LogP contribution in [0.25, 0.3) is 0 Å². The number of hydrogen-bond donors (Lipinski definition) is 0. The van der Waals surface area contributed by atoms with Gasteiger partial charge in [-0.05, 0) is 46.5 Å². The number of hydrogen-bond acceptors (Lipinski definition) is 0. The van der Waals surface area contributed by atoms with Crippen LogP contribution in [0.3, 0.4) is 0 Å². The first-order chi connectivity index (χ1) is 27.0. The molecule has 22 heteroatoms. The van der Waals surface area contributed by atoms with E-state index in [1.165, 1.54) is 56.2 Å². The Bertz CT molecular complexity index is 1860. The standard InChI is InChI=1S/C24BF20.C12H26N/c26-5-1(6(27)14(35)21(42)13(5)34)25(2-7(28)15(36)22(43)16(37)8(2)29,3-9(30)17(38)23(44)18(39)10(3)31)4-11(32)19(40)24(45)20(41)12(4)33;1-4-13(5-2,6-3)12-10-8-7-9-11-12/h;12H,4-11H2,1-3H3/q-1;+1. The second kappa shape index (κ2) is 17.0. The fraction of sp³-hybridized carbons (Fsp3) is 0.333. The number of quaternary nitrogens is 1. The summed E-state index contributed by atoms with van der Waals surface area (Å²) in [6, 6.07) is 0.980. The molecule has 0 bridgehead atoms. The van der Waals surface area contributed by atoms with Crippen molar-refractivity contribution < 1.29 is 92.3 Å². The summed E-state index contributed by atoms with van der Waals surface area (Å²) in [6.45, 7) is 11.1. The van der Waals surface area contributed by atoms with Gasteiger partial charge >= 0.3 is 0 Å². The molecule has 4 aromatic carbocycles. The van der Waals surface area contributed by atoms with Crippen LogP contribution in [0.5, 0.6) is 0 Å². The Morgan fingerprint density at radius 2 is 0.483 bits per heavy atom. The second-order valence-corrected chi connectivity index (χ2v) is 13.3. The van der Waals surface area contributed by atoms with Crippen LogP contribution in [0, 0.1) is 116 Å². The van der Waals surface area contributed by atoms with Crippen molar-refractivity contribution in [1.29, 1.82) is 0 Å². The van der Waals surface area contributed by atoms with Crippen LogP contribution in [0.15, 0.2) is 0 Å². The molecule has 0 amide bonds. The summed E-state index contributed by atoms with van der Waals surface area (Å²) in [5.41, 5.74) is -14.3. The van der Waals surface area contributed by atoms with Crippen LogP contribution in [-0.2, 0) is 0 Å². The molecule has 0 aromatic heterocycles. The molecule has 0 unspecified atom stereocenters. The van der Waals surface area contributed by atoms with Gasteiger partial charge in [0.1, 0.15) is 52.7 Å². The summed E-state index contributed by atoms with van der Waals surface area (Å²) in [5, 5.41) is 0. The van der Waals surface area contributed by atoms with Gasteiger partial charge in [0.15, 0.2) is 69.8 Å². The molecule has 0 aliphatic heterocycles. The Morgan fingerprint density at radius 1 is 0.310 bits per heavy atom. The predicted molar refractivity (Wildman–Crippen MR) is 168 cm³/mol. The molecule has 4 aromatic rings. The van der Waals surface area contributed by atoms with Crippen molar-refractivity contribution in [3.8, 4) is 0 Å². The Labute approximate surface area is 315 Å². The highest BCUT2D eigenvalue weighted by Gasteiger charge is 2.52. The van der Waals surface area contributed by atoms with Crippen LogP contribution in [0.1, 0.15) is 52.9 Å². The zero-order chi connectivity index (χ0) is 44.1. The van der Waals surface area contributed by atoms with Gasteiger partial charge in [0.25, 0.3) is 0 Å². The van der Waals surface area contributed by atoms with Gasteiger partial charge in [-0.1, -0.05) is 6.42 Å². The van der Waals surface area contributed by atoms with E-state index in [4.69, 9.17) is 0 Å². The highest BCUT2D eigenvalue weighted by molar-refractivity contribution is 7.20. The molecule has 0 radical (unpaired) electrons. The molecule has 318 valence electrons. The molecule has 1 aliphatic carbocycles. The first-order valence-electron chi connectivity index (χ1n) is 17.1. The van der Waals surface area contributed by atoms with E-state index in [1.807, 2.05) is 0 Å². The molecule has 1 aliphatic rings. The van der Waals surface area contributed by atoms with Gasteiger partial charge in [0, 0.05) is 0 Å². The maximum absolute atomic E-state index is 15.4. The molecule has 0 heterocycles. The monoisotopic (exact) mass is 863 g/mol. The van der Waals surface area contributed by atoms with Crippen LogP contribution in [0.4, 0.5) is 87.8 Å². The summed E-state index contributed by atoms with van der Waals surface area (Å²) in [4.78, 5) is 0. The minimum Gasteiger partial charge on any atom is -0.322 e. The molecule has 1 saturated carbocycles. The van der Waals surface area contributed by atoms with Crippen LogP contribution < -0.4 is 21.9 Å². The largest absolute Gasteiger partial charge is 0.322 e. The maximum atomic E-state index is 15.4. The molecule has 5 rings (SSSR count). The highest BCUT2D eigenvalue weighted by atomic mass is 19.2. The van der Waals surface area contributed by atoms with E-state index < -0.39 is 144 Å². The van der Waals surface area contributed by atoms with Crippen molar-refractivity contribution in [3.63, 3.8) is 0 Å². The third-order valence-electron chi connectivity index (χ3n) is 10.9. The molecular weight excluding hydrogens is 837 g/mol. The third kappa shape index (κ3) is 6.85. The molecule has 0 atom stereocenters. The number of rotatable bonds is 8.